The van der Waals surface area contributed by atoms with E-state index in [0.717, 1.165) is 29.3 Å². The third kappa shape index (κ3) is 2.12. The minimum atomic E-state index is 0.262. The van der Waals surface area contributed by atoms with Crippen LogP contribution in [0.15, 0.2) is 17.6 Å². The van der Waals surface area contributed by atoms with Gasteiger partial charge < -0.3 is 9.64 Å². The summed E-state index contributed by atoms with van der Waals surface area (Å²) in [6, 6.07) is 4.09. The Morgan fingerprint density at radius 3 is 2.82 bits per heavy atom. The Kier molecular flexibility index (Phi) is 2.72. The minimum absolute atomic E-state index is 0.262. The summed E-state index contributed by atoms with van der Waals surface area (Å²) >= 11 is 1.59. The molecule has 0 radical (unpaired) electrons. The average Bonchev–Trinajstić information content (AvgIpc) is 2.74. The fraction of sp³-hybridized carbons (Fsp3) is 0.500. The molecule has 2 atom stereocenters. The molecule has 3 rings (SSSR count). The van der Waals surface area contributed by atoms with Crippen molar-refractivity contribution in [1.29, 1.82) is 0 Å². The summed E-state index contributed by atoms with van der Waals surface area (Å²) in [5.74, 6) is 1.03. The summed E-state index contributed by atoms with van der Waals surface area (Å²) in [7, 11) is 0. The summed E-state index contributed by atoms with van der Waals surface area (Å²) in [6.45, 7) is 6.02. The van der Waals surface area contributed by atoms with Gasteiger partial charge in [-0.25, -0.2) is 9.97 Å². The van der Waals surface area contributed by atoms with Crippen molar-refractivity contribution >= 4 is 27.5 Å². The van der Waals surface area contributed by atoms with E-state index in [1.54, 1.807) is 11.3 Å². The van der Waals surface area contributed by atoms with E-state index >= 15 is 0 Å². The fourth-order valence-electron chi connectivity index (χ4n) is 2.28. The van der Waals surface area contributed by atoms with E-state index < -0.39 is 0 Å². The molecule has 1 fully saturated rings. The van der Waals surface area contributed by atoms with Crippen molar-refractivity contribution in [1.82, 2.24) is 9.97 Å². The lowest BCUT2D eigenvalue weighted by Gasteiger charge is -2.36. The lowest BCUT2D eigenvalue weighted by molar-refractivity contribution is -0.00543. The van der Waals surface area contributed by atoms with Gasteiger partial charge in [-0.2, -0.15) is 0 Å². The van der Waals surface area contributed by atoms with E-state index in [0.29, 0.717) is 0 Å². The highest BCUT2D eigenvalue weighted by atomic mass is 32.1. The number of hydrogen-bond donors (Lipinski definition) is 0. The van der Waals surface area contributed by atoms with Crippen LogP contribution in [0.4, 0.5) is 5.82 Å². The molecule has 1 aliphatic heterocycles. The van der Waals surface area contributed by atoms with E-state index in [9.17, 15) is 0 Å². The molecule has 0 aromatic carbocycles. The van der Waals surface area contributed by atoms with E-state index in [1.807, 2.05) is 17.6 Å². The number of fused-ring (bicyclic) bond motifs is 1. The molecule has 2 aromatic rings. The lowest BCUT2D eigenvalue weighted by atomic mass is 10.2. The maximum Gasteiger partial charge on any atom is 0.145 e. The van der Waals surface area contributed by atoms with E-state index in [2.05, 4.69) is 28.7 Å². The molecule has 0 amide bonds. The van der Waals surface area contributed by atoms with E-state index in [-0.39, 0.29) is 12.2 Å². The van der Waals surface area contributed by atoms with Crippen molar-refractivity contribution in [2.24, 2.45) is 0 Å². The van der Waals surface area contributed by atoms with Gasteiger partial charge in [0, 0.05) is 13.1 Å². The predicted octanol–water partition coefficient (Wildman–Crippen LogP) is 2.30. The van der Waals surface area contributed by atoms with Crippen LogP contribution in [0, 0.1) is 0 Å². The van der Waals surface area contributed by atoms with Crippen LogP contribution in [0.5, 0.6) is 0 Å². The second-order valence-electron chi connectivity index (χ2n) is 4.51. The van der Waals surface area contributed by atoms with Crippen LogP contribution < -0.4 is 4.90 Å². The summed E-state index contributed by atoms with van der Waals surface area (Å²) < 4.78 is 5.73. The number of nitrogens with zero attached hydrogens (tertiary/aromatic N) is 3. The van der Waals surface area contributed by atoms with Gasteiger partial charge in [-0.05, 0) is 26.0 Å². The van der Waals surface area contributed by atoms with Crippen molar-refractivity contribution < 1.29 is 4.74 Å². The molecule has 0 saturated carbocycles. The maximum absolute atomic E-state index is 5.73. The minimum Gasteiger partial charge on any atom is -0.372 e. The summed E-state index contributed by atoms with van der Waals surface area (Å²) in [5, 5.41) is 0. The first-order valence-corrected chi connectivity index (χ1v) is 6.71. The zero-order valence-electron chi connectivity index (χ0n) is 9.96. The molecule has 0 unspecified atom stereocenters. The van der Waals surface area contributed by atoms with Crippen molar-refractivity contribution in [3.63, 3.8) is 0 Å². The molecule has 5 heteroatoms. The highest BCUT2D eigenvalue weighted by molar-refractivity contribution is 7.16. The Morgan fingerprint density at radius 2 is 2.06 bits per heavy atom. The third-order valence-corrected chi connectivity index (χ3v) is 3.66. The quantitative estimate of drug-likeness (QED) is 0.777. The lowest BCUT2D eigenvalue weighted by Crippen LogP contribution is -2.45. The first kappa shape index (κ1) is 10.9. The first-order valence-electron chi connectivity index (χ1n) is 5.83. The van der Waals surface area contributed by atoms with Gasteiger partial charge in [0.25, 0.3) is 0 Å². The number of hydrogen-bond acceptors (Lipinski definition) is 5. The standard InChI is InChI=1S/C12H15N3OS/c1-8-5-15(6-9(2)16-8)11-4-3-10-12(14-11)17-7-13-10/h3-4,7-9H,5-6H2,1-2H3/t8-,9+. The van der Waals surface area contributed by atoms with Gasteiger partial charge in [-0.15, -0.1) is 11.3 Å². The topological polar surface area (TPSA) is 38.2 Å². The van der Waals surface area contributed by atoms with Crippen molar-refractivity contribution in [2.45, 2.75) is 26.1 Å². The second-order valence-corrected chi connectivity index (χ2v) is 5.34. The zero-order valence-corrected chi connectivity index (χ0v) is 10.8. The number of pyridine rings is 1. The largest absolute Gasteiger partial charge is 0.372 e. The summed E-state index contributed by atoms with van der Waals surface area (Å²) in [4.78, 5) is 12.2. The number of ether oxygens (including phenoxy) is 1. The Hall–Kier alpha value is -1.20. The molecule has 0 bridgehead atoms. The highest BCUT2D eigenvalue weighted by Gasteiger charge is 2.23. The molecular formula is C12H15N3OS. The molecule has 0 aliphatic carbocycles. The van der Waals surface area contributed by atoms with Gasteiger partial charge in [0.15, 0.2) is 0 Å². The molecule has 17 heavy (non-hydrogen) atoms. The van der Waals surface area contributed by atoms with Crippen LogP contribution in [-0.4, -0.2) is 35.3 Å². The number of aromatic nitrogens is 2. The smallest absolute Gasteiger partial charge is 0.145 e. The van der Waals surface area contributed by atoms with Crippen molar-refractivity contribution in [3.05, 3.63) is 17.6 Å². The number of anilines is 1. The number of thiazole rings is 1. The average molecular weight is 249 g/mol. The highest BCUT2D eigenvalue weighted by Crippen LogP contribution is 2.22. The monoisotopic (exact) mass is 249 g/mol. The normalized spacial score (nSPS) is 25.4. The Labute approximate surface area is 104 Å². The van der Waals surface area contributed by atoms with E-state index in [1.165, 1.54) is 0 Å². The third-order valence-electron chi connectivity index (χ3n) is 2.93. The molecule has 0 spiro atoms. The Balaban J connectivity index is 1.91. The van der Waals surface area contributed by atoms with Gasteiger partial charge in [-0.1, -0.05) is 0 Å². The number of rotatable bonds is 1. The van der Waals surface area contributed by atoms with E-state index in [4.69, 9.17) is 4.74 Å². The van der Waals surface area contributed by atoms with Crippen molar-refractivity contribution in [2.75, 3.05) is 18.0 Å². The molecule has 90 valence electrons. The van der Waals surface area contributed by atoms with Crippen LogP contribution >= 0.6 is 11.3 Å². The Bertz CT molecular complexity index is 517. The molecule has 3 heterocycles. The van der Waals surface area contributed by atoms with Gasteiger partial charge in [-0.3, -0.25) is 0 Å². The summed E-state index contributed by atoms with van der Waals surface area (Å²) in [5.41, 5.74) is 2.82. The SMILES string of the molecule is C[C@@H]1CN(c2ccc3ncsc3n2)C[C@H](C)O1. The molecule has 1 aliphatic rings. The van der Waals surface area contributed by atoms with Crippen molar-refractivity contribution in [3.8, 4) is 0 Å². The molecule has 1 saturated heterocycles. The van der Waals surface area contributed by atoms with Crippen LogP contribution in [0.3, 0.4) is 0 Å². The van der Waals surface area contributed by atoms with Gasteiger partial charge in [0.1, 0.15) is 16.2 Å². The van der Waals surface area contributed by atoms with Gasteiger partial charge >= 0.3 is 0 Å². The van der Waals surface area contributed by atoms with Crippen LogP contribution in [0.2, 0.25) is 0 Å². The first-order chi connectivity index (χ1) is 8.22. The molecule has 0 N–H and O–H groups in total. The predicted molar refractivity (Wildman–Crippen MR) is 69.6 cm³/mol. The fourth-order valence-corrected chi connectivity index (χ4v) is 2.94. The molecular weight excluding hydrogens is 234 g/mol. The Morgan fingerprint density at radius 1 is 1.29 bits per heavy atom. The number of morpholine rings is 1. The second kappa shape index (κ2) is 4.23. The van der Waals surface area contributed by atoms with Gasteiger partial charge in [0.05, 0.1) is 17.7 Å². The van der Waals surface area contributed by atoms with Gasteiger partial charge in [0.2, 0.25) is 0 Å². The molecule has 2 aromatic heterocycles. The molecule has 4 nitrogen and oxygen atoms in total. The van der Waals surface area contributed by atoms with Crippen LogP contribution in [0.1, 0.15) is 13.8 Å². The van der Waals surface area contributed by atoms with Crippen LogP contribution in [0.25, 0.3) is 10.3 Å². The maximum atomic E-state index is 5.73. The summed E-state index contributed by atoms with van der Waals surface area (Å²) in [6.07, 6.45) is 0.524. The zero-order chi connectivity index (χ0) is 11.8. The van der Waals surface area contributed by atoms with Crippen LogP contribution in [-0.2, 0) is 4.74 Å².